The van der Waals surface area contributed by atoms with Gasteiger partial charge in [-0.2, -0.15) is 0 Å². The quantitative estimate of drug-likeness (QED) is 0.390. The highest BCUT2D eigenvalue weighted by Gasteiger charge is 2.33. The number of benzene rings is 3. The predicted molar refractivity (Wildman–Crippen MR) is 132 cm³/mol. The van der Waals surface area contributed by atoms with Gasteiger partial charge in [-0.05, 0) is 73.7 Å². The van der Waals surface area contributed by atoms with E-state index in [1.54, 1.807) is 0 Å². The van der Waals surface area contributed by atoms with Gasteiger partial charge in [0, 0.05) is 11.1 Å². The maximum absolute atomic E-state index is 14.0. The van der Waals surface area contributed by atoms with Gasteiger partial charge in [0.15, 0.2) is 11.0 Å². The zero-order valence-electron chi connectivity index (χ0n) is 19.5. The number of aryl methyl sites for hydroxylation is 5. The first-order valence-electron chi connectivity index (χ1n) is 10.7. The molecule has 0 N–H and O–H groups in total. The fourth-order valence-corrected chi connectivity index (χ4v) is 6.59. The second kappa shape index (κ2) is 9.28. The topological polar surface area (TPSA) is 34.1 Å². The molecule has 0 spiro atoms. The summed E-state index contributed by atoms with van der Waals surface area (Å²) in [6.07, 6.45) is 0. The molecule has 3 aromatic carbocycles. The normalized spacial score (nSPS) is 12.1. The summed E-state index contributed by atoms with van der Waals surface area (Å²) in [5.41, 5.74) is 7.35. The lowest BCUT2D eigenvalue weighted by molar-refractivity contribution is 0.105. The molecule has 1 atom stereocenters. The number of carbonyl (C=O) groups excluding carboxylic acids is 2. The highest BCUT2D eigenvalue weighted by atomic mass is 31.1. The smallest absolute Gasteiger partial charge is 0.197 e. The van der Waals surface area contributed by atoms with E-state index in [1.165, 1.54) is 5.56 Å². The van der Waals surface area contributed by atoms with Crippen LogP contribution in [-0.2, 0) is 0 Å². The zero-order valence-corrected chi connectivity index (χ0v) is 20.4. The Morgan fingerprint density at radius 2 is 1.10 bits per heavy atom. The van der Waals surface area contributed by atoms with Crippen molar-refractivity contribution < 1.29 is 9.59 Å². The Morgan fingerprint density at radius 1 is 0.677 bits per heavy atom. The summed E-state index contributed by atoms with van der Waals surface area (Å²) in [7, 11) is -1.71. The summed E-state index contributed by atoms with van der Waals surface area (Å²) < 4.78 is 0. The Kier molecular flexibility index (Phi) is 6.92. The van der Waals surface area contributed by atoms with Gasteiger partial charge < -0.3 is 0 Å². The summed E-state index contributed by atoms with van der Waals surface area (Å²) in [5, 5.41) is 0.804. The fourth-order valence-electron chi connectivity index (χ4n) is 4.31. The van der Waals surface area contributed by atoms with Crippen LogP contribution in [0.25, 0.3) is 0 Å². The van der Waals surface area contributed by atoms with Crippen molar-refractivity contribution in [2.24, 2.45) is 0 Å². The minimum Gasteiger partial charge on any atom is -0.288 e. The SMILES string of the molecule is Cc1cc(C)c(C(=O)P(C(=O)c2c(C)cc(C(C)C)cc2C)c2ccccc2)c(C)c1. The second-order valence-electron chi connectivity index (χ2n) is 8.74. The summed E-state index contributed by atoms with van der Waals surface area (Å²) in [4.78, 5) is 27.9. The molecule has 0 aromatic heterocycles. The van der Waals surface area contributed by atoms with Gasteiger partial charge in [0.05, 0.1) is 7.92 Å². The lowest BCUT2D eigenvalue weighted by atomic mass is 9.94. The van der Waals surface area contributed by atoms with Crippen LogP contribution in [0.5, 0.6) is 0 Å². The molecule has 0 bridgehead atoms. The van der Waals surface area contributed by atoms with Crippen LogP contribution in [0.2, 0.25) is 0 Å². The minimum atomic E-state index is -1.71. The predicted octanol–water partition coefficient (Wildman–Crippen LogP) is 7.14. The van der Waals surface area contributed by atoms with Crippen LogP contribution in [0, 0.1) is 34.6 Å². The van der Waals surface area contributed by atoms with E-state index < -0.39 is 7.92 Å². The van der Waals surface area contributed by atoms with Crippen LogP contribution in [0.1, 0.15) is 73.9 Å². The Balaban J connectivity index is 2.19. The molecule has 0 aliphatic heterocycles. The Hall–Kier alpha value is -2.57. The maximum Gasteiger partial charge on any atom is 0.197 e. The van der Waals surface area contributed by atoms with Crippen molar-refractivity contribution in [3.05, 3.63) is 99.1 Å². The van der Waals surface area contributed by atoms with Crippen LogP contribution in [0.15, 0.2) is 54.6 Å². The van der Waals surface area contributed by atoms with Gasteiger partial charge in [-0.25, -0.2) is 0 Å². The van der Waals surface area contributed by atoms with E-state index in [9.17, 15) is 9.59 Å². The van der Waals surface area contributed by atoms with E-state index in [1.807, 2.05) is 77.1 Å². The van der Waals surface area contributed by atoms with Gasteiger partial charge in [-0.1, -0.05) is 74.0 Å². The molecule has 31 heavy (non-hydrogen) atoms. The third-order valence-corrected chi connectivity index (χ3v) is 7.82. The van der Waals surface area contributed by atoms with Gasteiger partial charge in [0.25, 0.3) is 0 Å². The standard InChI is InChI=1S/C28H31O2P/c1-17(2)23-15-21(6)26(22(7)16-23)28(30)31(24-11-9-8-10-12-24)27(29)25-19(4)13-18(3)14-20(25)5/h8-17H,1-7H3. The molecule has 3 aromatic rings. The lowest BCUT2D eigenvalue weighted by Crippen LogP contribution is -2.19. The third kappa shape index (κ3) is 4.70. The molecule has 0 aliphatic rings. The van der Waals surface area contributed by atoms with Crippen molar-refractivity contribution in [3.63, 3.8) is 0 Å². The Labute approximate surface area is 187 Å². The Morgan fingerprint density at radius 3 is 1.52 bits per heavy atom. The minimum absolute atomic E-state index is 0.0594. The van der Waals surface area contributed by atoms with Crippen molar-refractivity contribution >= 4 is 24.3 Å². The molecular weight excluding hydrogens is 399 g/mol. The first-order chi connectivity index (χ1) is 14.6. The fraction of sp³-hybridized carbons (Fsp3) is 0.286. The summed E-state index contributed by atoms with van der Waals surface area (Å²) in [6.45, 7) is 14.2. The van der Waals surface area contributed by atoms with E-state index in [4.69, 9.17) is 0 Å². The van der Waals surface area contributed by atoms with E-state index >= 15 is 0 Å². The highest BCUT2D eigenvalue weighted by molar-refractivity contribution is 7.96. The molecule has 0 heterocycles. The summed E-state index contributed by atoms with van der Waals surface area (Å²) >= 11 is 0. The molecule has 0 saturated carbocycles. The zero-order chi connectivity index (χ0) is 22.9. The molecule has 3 rings (SSSR count). The van der Waals surface area contributed by atoms with Crippen LogP contribution in [0.3, 0.4) is 0 Å². The number of hydrogen-bond donors (Lipinski definition) is 0. The van der Waals surface area contributed by atoms with Gasteiger partial charge in [-0.3, -0.25) is 9.59 Å². The van der Waals surface area contributed by atoms with Crippen LogP contribution in [-0.4, -0.2) is 11.0 Å². The molecule has 0 saturated heterocycles. The van der Waals surface area contributed by atoms with E-state index in [0.717, 1.165) is 33.1 Å². The van der Waals surface area contributed by atoms with Crippen molar-refractivity contribution in [2.45, 2.75) is 54.4 Å². The monoisotopic (exact) mass is 430 g/mol. The molecule has 1 unspecified atom stereocenters. The summed E-state index contributed by atoms with van der Waals surface area (Å²) in [5.74, 6) is 0.386. The largest absolute Gasteiger partial charge is 0.288 e. The van der Waals surface area contributed by atoms with E-state index in [0.29, 0.717) is 17.0 Å². The number of carbonyl (C=O) groups is 2. The molecular formula is C28H31O2P. The van der Waals surface area contributed by atoms with Crippen molar-refractivity contribution in [1.82, 2.24) is 0 Å². The van der Waals surface area contributed by atoms with Gasteiger partial charge >= 0.3 is 0 Å². The molecule has 0 amide bonds. The average molecular weight is 431 g/mol. The average Bonchev–Trinajstić information content (AvgIpc) is 2.67. The van der Waals surface area contributed by atoms with Gasteiger partial charge in [0.1, 0.15) is 0 Å². The molecule has 0 fully saturated rings. The first kappa shape index (κ1) is 23.1. The van der Waals surface area contributed by atoms with Crippen molar-refractivity contribution in [1.29, 1.82) is 0 Å². The van der Waals surface area contributed by atoms with Gasteiger partial charge in [-0.15, -0.1) is 0 Å². The molecule has 0 aliphatic carbocycles. The van der Waals surface area contributed by atoms with E-state index in [2.05, 4.69) is 26.0 Å². The third-order valence-electron chi connectivity index (χ3n) is 5.75. The van der Waals surface area contributed by atoms with Crippen LogP contribution in [0.4, 0.5) is 0 Å². The maximum atomic E-state index is 14.0. The summed E-state index contributed by atoms with van der Waals surface area (Å²) in [6, 6.07) is 17.8. The molecule has 2 nitrogen and oxygen atoms in total. The Bertz CT molecular complexity index is 1100. The highest BCUT2D eigenvalue weighted by Crippen LogP contribution is 2.45. The molecule has 3 heteroatoms. The van der Waals surface area contributed by atoms with Crippen LogP contribution >= 0.6 is 7.92 Å². The van der Waals surface area contributed by atoms with Crippen LogP contribution < -0.4 is 5.30 Å². The van der Waals surface area contributed by atoms with Crippen molar-refractivity contribution in [2.75, 3.05) is 0 Å². The number of hydrogen-bond acceptors (Lipinski definition) is 2. The first-order valence-corrected chi connectivity index (χ1v) is 12.1. The number of rotatable bonds is 6. The lowest BCUT2D eigenvalue weighted by Gasteiger charge is -2.21. The van der Waals surface area contributed by atoms with E-state index in [-0.39, 0.29) is 11.0 Å². The molecule has 0 radical (unpaired) electrons. The van der Waals surface area contributed by atoms with Gasteiger partial charge in [0.2, 0.25) is 0 Å². The second-order valence-corrected chi connectivity index (χ2v) is 10.7. The molecule has 160 valence electrons. The van der Waals surface area contributed by atoms with Crippen molar-refractivity contribution in [3.8, 4) is 0 Å².